The van der Waals surface area contributed by atoms with Gasteiger partial charge in [-0.05, 0) is 30.9 Å². The zero-order valence-electron chi connectivity index (χ0n) is 14.4. The van der Waals surface area contributed by atoms with Crippen molar-refractivity contribution in [1.82, 2.24) is 0 Å². The van der Waals surface area contributed by atoms with Crippen LogP contribution >= 0.6 is 0 Å². The van der Waals surface area contributed by atoms with Gasteiger partial charge in [0.2, 0.25) is 0 Å². The van der Waals surface area contributed by atoms with Gasteiger partial charge in [-0.2, -0.15) is 0 Å². The molecule has 1 unspecified atom stereocenters. The average Bonchev–Trinajstić information content (AvgIpc) is 2.63. The van der Waals surface area contributed by atoms with Gasteiger partial charge < -0.3 is 5.11 Å². The fourth-order valence-corrected chi connectivity index (χ4v) is 4.38. The van der Waals surface area contributed by atoms with Gasteiger partial charge in [0.05, 0.1) is 0 Å². The summed E-state index contributed by atoms with van der Waals surface area (Å²) in [4.78, 5) is 12.7. The number of hydrogen-bond donors (Lipinski definition) is 1. The molecule has 0 amide bonds. The molecule has 2 nitrogen and oxygen atoms in total. The number of ketones is 1. The lowest BCUT2D eigenvalue weighted by molar-refractivity contribution is -0.146. The van der Waals surface area contributed by atoms with Crippen molar-refractivity contribution >= 4 is 5.78 Å². The molecule has 0 saturated heterocycles. The van der Waals surface area contributed by atoms with Crippen molar-refractivity contribution in [2.24, 2.45) is 0 Å². The molecule has 0 heterocycles. The molecule has 0 aromatic heterocycles. The third kappa shape index (κ3) is 2.91. The van der Waals surface area contributed by atoms with Crippen molar-refractivity contribution in [3.05, 3.63) is 71.8 Å². The third-order valence-electron chi connectivity index (χ3n) is 5.71. The van der Waals surface area contributed by atoms with Gasteiger partial charge in [0, 0.05) is 11.8 Å². The van der Waals surface area contributed by atoms with Crippen LogP contribution in [0.3, 0.4) is 0 Å². The van der Waals surface area contributed by atoms with E-state index in [1.807, 2.05) is 48.5 Å². The van der Waals surface area contributed by atoms with Gasteiger partial charge >= 0.3 is 0 Å². The van der Waals surface area contributed by atoms with E-state index >= 15 is 0 Å². The Morgan fingerprint density at radius 1 is 0.958 bits per heavy atom. The highest BCUT2D eigenvalue weighted by atomic mass is 16.3. The standard InChI is InChI=1S/C22H26O2/c1-18(23)22(24,17-19-11-5-2-6-12-19)21(15-9-4-10-16-21)20-13-7-3-8-14-20/h2-3,5-8,11-14,24H,4,9-10,15-17H2,1H3. The van der Waals surface area contributed by atoms with Crippen molar-refractivity contribution in [2.45, 2.75) is 56.5 Å². The first kappa shape index (κ1) is 16.9. The van der Waals surface area contributed by atoms with Gasteiger partial charge in [-0.1, -0.05) is 79.9 Å². The molecule has 24 heavy (non-hydrogen) atoms. The van der Waals surface area contributed by atoms with Crippen LogP contribution in [0.25, 0.3) is 0 Å². The topological polar surface area (TPSA) is 37.3 Å². The van der Waals surface area contributed by atoms with Crippen LogP contribution in [0.1, 0.15) is 50.2 Å². The van der Waals surface area contributed by atoms with Gasteiger partial charge in [-0.3, -0.25) is 4.79 Å². The molecule has 2 aromatic carbocycles. The van der Waals surface area contributed by atoms with E-state index in [0.29, 0.717) is 6.42 Å². The summed E-state index contributed by atoms with van der Waals surface area (Å²) < 4.78 is 0. The average molecular weight is 322 g/mol. The second-order valence-electron chi connectivity index (χ2n) is 7.09. The minimum absolute atomic E-state index is 0.128. The molecule has 126 valence electrons. The fraction of sp³-hybridized carbons (Fsp3) is 0.409. The number of Topliss-reactive ketones (excluding diaryl/α,β-unsaturated/α-hetero) is 1. The van der Waals surface area contributed by atoms with Crippen LogP contribution in [0.4, 0.5) is 0 Å². The van der Waals surface area contributed by atoms with Gasteiger partial charge in [-0.25, -0.2) is 0 Å². The summed E-state index contributed by atoms with van der Waals surface area (Å²) in [5, 5.41) is 11.7. The number of aliphatic hydroxyl groups is 1. The molecule has 1 N–H and O–H groups in total. The van der Waals surface area contributed by atoms with E-state index in [0.717, 1.165) is 36.8 Å². The summed E-state index contributed by atoms with van der Waals surface area (Å²) in [6, 6.07) is 20.0. The Morgan fingerprint density at radius 2 is 1.50 bits per heavy atom. The largest absolute Gasteiger partial charge is 0.381 e. The van der Waals surface area contributed by atoms with E-state index in [4.69, 9.17) is 0 Å². The summed E-state index contributed by atoms with van der Waals surface area (Å²) in [7, 11) is 0. The molecule has 2 heteroatoms. The van der Waals surface area contributed by atoms with Gasteiger partial charge in [0.1, 0.15) is 5.60 Å². The molecule has 0 aliphatic heterocycles. The van der Waals surface area contributed by atoms with Crippen molar-refractivity contribution in [1.29, 1.82) is 0 Å². The van der Waals surface area contributed by atoms with Crippen LogP contribution in [-0.4, -0.2) is 16.5 Å². The smallest absolute Gasteiger partial charge is 0.162 e. The highest BCUT2D eigenvalue weighted by Crippen LogP contribution is 2.49. The van der Waals surface area contributed by atoms with Crippen LogP contribution in [0, 0.1) is 0 Å². The summed E-state index contributed by atoms with van der Waals surface area (Å²) in [6.07, 6.45) is 5.38. The second kappa shape index (κ2) is 6.90. The Kier molecular flexibility index (Phi) is 4.86. The van der Waals surface area contributed by atoms with Gasteiger partial charge in [0.15, 0.2) is 5.78 Å². The van der Waals surface area contributed by atoms with Crippen LogP contribution in [0.5, 0.6) is 0 Å². The minimum Gasteiger partial charge on any atom is -0.381 e. The fourth-order valence-electron chi connectivity index (χ4n) is 4.38. The molecule has 1 saturated carbocycles. The van der Waals surface area contributed by atoms with Crippen molar-refractivity contribution < 1.29 is 9.90 Å². The Hall–Kier alpha value is -1.93. The quantitative estimate of drug-likeness (QED) is 0.883. The Balaban J connectivity index is 2.10. The molecule has 0 bridgehead atoms. The van der Waals surface area contributed by atoms with Crippen molar-refractivity contribution in [3.63, 3.8) is 0 Å². The maximum atomic E-state index is 12.7. The molecular weight excluding hydrogens is 296 g/mol. The van der Waals surface area contributed by atoms with Crippen LogP contribution in [0.15, 0.2) is 60.7 Å². The summed E-state index contributed by atoms with van der Waals surface area (Å²) in [6.45, 7) is 1.54. The number of benzene rings is 2. The van der Waals surface area contributed by atoms with Crippen molar-refractivity contribution in [3.8, 4) is 0 Å². The van der Waals surface area contributed by atoms with Crippen LogP contribution < -0.4 is 0 Å². The number of carbonyl (C=O) groups excluding carboxylic acids is 1. The lowest BCUT2D eigenvalue weighted by atomic mass is 9.57. The van der Waals surface area contributed by atoms with Gasteiger partial charge in [0.25, 0.3) is 0 Å². The Bertz CT molecular complexity index is 672. The van der Waals surface area contributed by atoms with Crippen LogP contribution in [-0.2, 0) is 16.6 Å². The van der Waals surface area contributed by atoms with E-state index in [9.17, 15) is 9.90 Å². The molecule has 2 aromatic rings. The minimum atomic E-state index is -1.36. The molecule has 1 fully saturated rings. The first-order valence-electron chi connectivity index (χ1n) is 8.91. The lowest BCUT2D eigenvalue weighted by Crippen LogP contribution is -2.58. The SMILES string of the molecule is CC(=O)C(O)(Cc1ccccc1)C1(c2ccccc2)CCCCC1. The maximum absolute atomic E-state index is 12.7. The molecule has 1 aliphatic carbocycles. The maximum Gasteiger partial charge on any atom is 0.162 e. The monoisotopic (exact) mass is 322 g/mol. The van der Waals surface area contributed by atoms with E-state index in [1.165, 1.54) is 6.42 Å². The van der Waals surface area contributed by atoms with Crippen LogP contribution in [0.2, 0.25) is 0 Å². The highest BCUT2D eigenvalue weighted by molar-refractivity contribution is 5.87. The number of carbonyl (C=O) groups is 1. The zero-order valence-corrected chi connectivity index (χ0v) is 14.4. The number of rotatable bonds is 5. The molecular formula is C22H26O2. The van der Waals surface area contributed by atoms with E-state index in [1.54, 1.807) is 6.92 Å². The van der Waals surface area contributed by atoms with Gasteiger partial charge in [-0.15, -0.1) is 0 Å². The van der Waals surface area contributed by atoms with E-state index < -0.39 is 11.0 Å². The Morgan fingerprint density at radius 3 is 2.04 bits per heavy atom. The second-order valence-corrected chi connectivity index (χ2v) is 7.09. The lowest BCUT2D eigenvalue weighted by Gasteiger charge is -2.49. The Labute approximate surface area is 144 Å². The summed E-state index contributed by atoms with van der Waals surface area (Å²) in [5.41, 5.74) is 0.249. The first-order valence-corrected chi connectivity index (χ1v) is 8.91. The summed E-state index contributed by atoms with van der Waals surface area (Å²) in [5.74, 6) is -0.128. The molecule has 1 aliphatic rings. The molecule has 3 rings (SSSR count). The third-order valence-corrected chi connectivity index (χ3v) is 5.71. The normalized spacial score (nSPS) is 19.4. The highest BCUT2D eigenvalue weighted by Gasteiger charge is 2.54. The zero-order chi connectivity index (χ0) is 17.0. The molecule has 0 spiro atoms. The number of hydrogen-bond acceptors (Lipinski definition) is 2. The van der Waals surface area contributed by atoms with Crippen molar-refractivity contribution in [2.75, 3.05) is 0 Å². The molecule has 1 atom stereocenters. The predicted molar refractivity (Wildman–Crippen MR) is 97.0 cm³/mol. The predicted octanol–water partition coefficient (Wildman–Crippen LogP) is 4.45. The van der Waals surface area contributed by atoms with E-state index in [2.05, 4.69) is 12.1 Å². The first-order chi connectivity index (χ1) is 11.6. The van der Waals surface area contributed by atoms with E-state index in [-0.39, 0.29) is 5.78 Å². The summed E-state index contributed by atoms with van der Waals surface area (Å²) >= 11 is 0. The molecule has 0 radical (unpaired) electrons.